The highest BCUT2D eigenvalue weighted by Crippen LogP contribution is 2.31. The second kappa shape index (κ2) is 5.59. The molecule has 0 bridgehead atoms. The predicted octanol–water partition coefficient (Wildman–Crippen LogP) is 1.60. The van der Waals surface area contributed by atoms with E-state index in [2.05, 4.69) is 6.92 Å². The maximum atomic E-state index is 13.3. The molecule has 1 aliphatic carbocycles. The molecule has 2 rings (SSSR count). The molecule has 0 spiro atoms. The van der Waals surface area contributed by atoms with Crippen LogP contribution in [0.25, 0.3) is 0 Å². The van der Waals surface area contributed by atoms with Crippen molar-refractivity contribution in [2.45, 2.75) is 45.6 Å². The number of halogens is 1. The van der Waals surface area contributed by atoms with Gasteiger partial charge in [0.05, 0.1) is 0 Å². The summed E-state index contributed by atoms with van der Waals surface area (Å²) in [6.45, 7) is 2.42. The van der Waals surface area contributed by atoms with Crippen LogP contribution >= 0.6 is 0 Å². The van der Waals surface area contributed by atoms with Crippen LogP contribution in [0.5, 0.6) is 5.88 Å². The summed E-state index contributed by atoms with van der Waals surface area (Å²) >= 11 is 0. The molecule has 0 aromatic carbocycles. The van der Waals surface area contributed by atoms with Crippen LogP contribution in [-0.4, -0.2) is 14.7 Å². The van der Waals surface area contributed by atoms with Gasteiger partial charge in [-0.25, -0.2) is 4.79 Å². The monoisotopic (exact) mass is 270 g/mol. The van der Waals surface area contributed by atoms with Gasteiger partial charge in [-0.15, -0.1) is 0 Å². The third-order valence-electron chi connectivity index (χ3n) is 4.10. The molecule has 0 radical (unpaired) electrons. The maximum absolute atomic E-state index is 13.3. The smallest absolute Gasteiger partial charge is 0.331 e. The molecule has 1 aromatic heterocycles. The molecule has 0 atom stereocenters. The van der Waals surface area contributed by atoms with Gasteiger partial charge in [0.15, 0.2) is 0 Å². The second-order valence-corrected chi connectivity index (χ2v) is 5.30. The summed E-state index contributed by atoms with van der Waals surface area (Å²) < 4.78 is 14.2. The van der Waals surface area contributed by atoms with E-state index in [0.29, 0.717) is 0 Å². The summed E-state index contributed by atoms with van der Waals surface area (Å²) in [6.07, 6.45) is 5.28. The molecular weight excluding hydrogens is 251 g/mol. The lowest BCUT2D eigenvalue weighted by atomic mass is 9.81. The summed E-state index contributed by atoms with van der Waals surface area (Å²) in [4.78, 5) is 24.4. The molecule has 2 N–H and O–H groups in total. The molecule has 0 saturated heterocycles. The molecule has 5 nitrogen and oxygen atoms in total. The van der Waals surface area contributed by atoms with E-state index < -0.39 is 22.9 Å². The van der Waals surface area contributed by atoms with E-state index in [1.54, 1.807) is 0 Å². The van der Waals surface area contributed by atoms with E-state index >= 15 is 0 Å². The first-order chi connectivity index (χ1) is 9.02. The van der Waals surface area contributed by atoms with E-state index in [9.17, 15) is 19.1 Å². The Hall–Kier alpha value is -1.59. The van der Waals surface area contributed by atoms with Gasteiger partial charge in [-0.1, -0.05) is 26.2 Å². The molecule has 6 heteroatoms. The Kier molecular flexibility index (Phi) is 4.07. The standard InChI is InChI=1S/C13H19FN2O3/c1-2-8-3-5-9(6-4-8)7-16-12(18)10(14)11(17)15-13(16)19/h8-9,18H,2-7H2,1H3,(H,15,17,19). The number of aromatic hydroxyl groups is 1. The predicted molar refractivity (Wildman–Crippen MR) is 68.7 cm³/mol. The van der Waals surface area contributed by atoms with E-state index in [1.807, 2.05) is 4.98 Å². The Morgan fingerprint density at radius 1 is 1.26 bits per heavy atom. The molecular formula is C13H19FN2O3. The third kappa shape index (κ3) is 2.88. The lowest BCUT2D eigenvalue weighted by molar-refractivity contribution is 0.233. The van der Waals surface area contributed by atoms with Crippen molar-refractivity contribution in [1.82, 2.24) is 9.55 Å². The van der Waals surface area contributed by atoms with Gasteiger partial charge in [0.2, 0.25) is 11.7 Å². The fourth-order valence-corrected chi connectivity index (χ4v) is 2.79. The second-order valence-electron chi connectivity index (χ2n) is 5.30. The largest absolute Gasteiger partial charge is 0.492 e. The molecule has 1 aromatic rings. The van der Waals surface area contributed by atoms with Crippen molar-refractivity contribution in [3.63, 3.8) is 0 Å². The average Bonchev–Trinajstić information content (AvgIpc) is 2.42. The SMILES string of the molecule is CCC1CCC(Cn2c(O)c(F)c(=O)[nH]c2=O)CC1. The van der Waals surface area contributed by atoms with E-state index in [4.69, 9.17) is 0 Å². The Morgan fingerprint density at radius 2 is 1.84 bits per heavy atom. The van der Waals surface area contributed by atoms with Gasteiger partial charge in [-0.05, 0) is 24.7 Å². The minimum absolute atomic E-state index is 0.247. The van der Waals surface area contributed by atoms with Gasteiger partial charge in [0.25, 0.3) is 5.56 Å². The van der Waals surface area contributed by atoms with Gasteiger partial charge in [-0.3, -0.25) is 14.3 Å². The van der Waals surface area contributed by atoms with Crippen LogP contribution in [0.2, 0.25) is 0 Å². The molecule has 1 saturated carbocycles. The Balaban J connectivity index is 2.15. The minimum Gasteiger partial charge on any atom is -0.492 e. The zero-order valence-corrected chi connectivity index (χ0v) is 11.0. The van der Waals surface area contributed by atoms with Gasteiger partial charge >= 0.3 is 5.69 Å². The lowest BCUT2D eigenvalue weighted by Crippen LogP contribution is -2.34. The summed E-state index contributed by atoms with van der Waals surface area (Å²) in [7, 11) is 0. The van der Waals surface area contributed by atoms with Gasteiger partial charge in [0, 0.05) is 6.54 Å². The Bertz CT molecular complexity index is 556. The van der Waals surface area contributed by atoms with E-state index in [-0.39, 0.29) is 12.5 Å². The molecule has 19 heavy (non-hydrogen) atoms. The number of hydrogen-bond donors (Lipinski definition) is 2. The summed E-state index contributed by atoms with van der Waals surface area (Å²) in [5, 5.41) is 9.56. The Labute approximate surface area is 110 Å². The molecule has 0 amide bonds. The molecule has 1 heterocycles. The van der Waals surface area contributed by atoms with Crippen LogP contribution in [0.1, 0.15) is 39.0 Å². The van der Waals surface area contributed by atoms with Crippen LogP contribution in [0.15, 0.2) is 9.59 Å². The van der Waals surface area contributed by atoms with Gasteiger partial charge in [-0.2, -0.15) is 4.39 Å². The van der Waals surface area contributed by atoms with Gasteiger partial charge < -0.3 is 5.11 Å². The summed E-state index contributed by atoms with van der Waals surface area (Å²) in [5.41, 5.74) is -1.92. The van der Waals surface area contributed by atoms with Crippen molar-refractivity contribution in [3.8, 4) is 5.88 Å². The maximum Gasteiger partial charge on any atom is 0.331 e. The molecule has 0 aliphatic heterocycles. The number of rotatable bonds is 3. The zero-order valence-electron chi connectivity index (χ0n) is 11.0. The third-order valence-corrected chi connectivity index (χ3v) is 4.10. The number of H-pyrrole nitrogens is 1. The first-order valence-electron chi connectivity index (χ1n) is 6.74. The number of aromatic amines is 1. The molecule has 106 valence electrons. The molecule has 1 fully saturated rings. The van der Waals surface area contributed by atoms with Crippen LogP contribution in [0.4, 0.5) is 4.39 Å². The van der Waals surface area contributed by atoms with Crippen LogP contribution in [-0.2, 0) is 6.54 Å². The van der Waals surface area contributed by atoms with Crippen molar-refractivity contribution in [2.75, 3.05) is 0 Å². The number of hydrogen-bond acceptors (Lipinski definition) is 3. The number of nitrogens with zero attached hydrogens (tertiary/aromatic N) is 1. The average molecular weight is 270 g/mol. The Morgan fingerprint density at radius 3 is 2.42 bits per heavy atom. The fourth-order valence-electron chi connectivity index (χ4n) is 2.79. The highest BCUT2D eigenvalue weighted by molar-refractivity contribution is 5.09. The highest BCUT2D eigenvalue weighted by Gasteiger charge is 2.22. The number of aromatic nitrogens is 2. The van der Waals surface area contributed by atoms with Crippen molar-refractivity contribution in [1.29, 1.82) is 0 Å². The van der Waals surface area contributed by atoms with E-state index in [1.165, 1.54) is 0 Å². The summed E-state index contributed by atoms with van der Waals surface area (Å²) in [6, 6.07) is 0. The normalized spacial score (nSPS) is 23.5. The van der Waals surface area contributed by atoms with Crippen molar-refractivity contribution in [3.05, 3.63) is 26.7 Å². The zero-order chi connectivity index (χ0) is 14.0. The van der Waals surface area contributed by atoms with Crippen molar-refractivity contribution in [2.24, 2.45) is 11.8 Å². The van der Waals surface area contributed by atoms with E-state index in [0.717, 1.165) is 42.6 Å². The molecule has 0 unspecified atom stereocenters. The fraction of sp³-hybridized carbons (Fsp3) is 0.692. The first-order valence-corrected chi connectivity index (χ1v) is 6.74. The lowest BCUT2D eigenvalue weighted by Gasteiger charge is -2.28. The quantitative estimate of drug-likeness (QED) is 0.876. The first kappa shape index (κ1) is 13.8. The number of nitrogens with one attached hydrogen (secondary N) is 1. The minimum atomic E-state index is -1.29. The summed E-state index contributed by atoms with van der Waals surface area (Å²) in [5.74, 6) is -1.17. The van der Waals surface area contributed by atoms with Crippen molar-refractivity contribution < 1.29 is 9.50 Å². The van der Waals surface area contributed by atoms with Crippen LogP contribution < -0.4 is 11.2 Å². The van der Waals surface area contributed by atoms with Crippen LogP contribution in [0.3, 0.4) is 0 Å². The topological polar surface area (TPSA) is 75.1 Å². The van der Waals surface area contributed by atoms with Crippen molar-refractivity contribution >= 4 is 0 Å². The van der Waals surface area contributed by atoms with Crippen LogP contribution in [0, 0.1) is 17.7 Å². The van der Waals surface area contributed by atoms with Gasteiger partial charge in [0.1, 0.15) is 0 Å². The highest BCUT2D eigenvalue weighted by atomic mass is 19.1. The molecule has 1 aliphatic rings.